The molecule has 1 aliphatic rings. The fourth-order valence-electron chi connectivity index (χ4n) is 0.853. The number of amides is 1. The number of ether oxygens (including phenoxy) is 1. The third-order valence-electron chi connectivity index (χ3n) is 1.65. The van der Waals surface area contributed by atoms with E-state index in [0.29, 0.717) is 12.6 Å². The summed E-state index contributed by atoms with van der Waals surface area (Å²) in [6.07, 6.45) is 0. The Morgan fingerprint density at radius 3 is 2.70 bits per heavy atom. The van der Waals surface area contributed by atoms with Crippen LogP contribution in [0, 0.1) is 0 Å². The van der Waals surface area contributed by atoms with E-state index in [1.807, 2.05) is 11.9 Å². The molecule has 0 unspecified atom stereocenters. The van der Waals surface area contributed by atoms with Crippen molar-refractivity contribution in [3.63, 3.8) is 0 Å². The van der Waals surface area contributed by atoms with Gasteiger partial charge in [0, 0.05) is 0 Å². The molecule has 0 spiro atoms. The first kappa shape index (κ1) is 7.50. The van der Waals surface area contributed by atoms with Crippen LogP contribution in [0.1, 0.15) is 0 Å². The molecule has 0 aliphatic carbocycles. The molecule has 0 bridgehead atoms. The van der Waals surface area contributed by atoms with E-state index in [0.717, 1.165) is 13.2 Å². The van der Waals surface area contributed by atoms with Gasteiger partial charge >= 0.3 is 0 Å². The number of carbonyl (C=O) groups excluding carboxylic acids is 1. The van der Waals surface area contributed by atoms with Crippen molar-refractivity contribution in [2.45, 2.75) is 6.04 Å². The van der Waals surface area contributed by atoms with Crippen molar-refractivity contribution < 1.29 is 9.53 Å². The van der Waals surface area contributed by atoms with Crippen LogP contribution in [0.2, 0.25) is 0 Å². The van der Waals surface area contributed by atoms with Gasteiger partial charge in [-0.1, -0.05) is 0 Å². The number of hydrogen-bond acceptors (Lipinski definition) is 3. The van der Waals surface area contributed by atoms with Crippen molar-refractivity contribution in [3.05, 3.63) is 0 Å². The largest absolute Gasteiger partial charge is 0.378 e. The van der Waals surface area contributed by atoms with Crippen LogP contribution in [-0.2, 0) is 9.53 Å². The number of likely N-dealkylation sites (N-methyl/N-ethyl adjacent to an activating group) is 1. The summed E-state index contributed by atoms with van der Waals surface area (Å²) in [5.74, 6) is -0.283. The minimum absolute atomic E-state index is 0.283. The molecule has 1 amide bonds. The van der Waals surface area contributed by atoms with E-state index >= 15 is 0 Å². The molecule has 1 fully saturated rings. The van der Waals surface area contributed by atoms with Crippen molar-refractivity contribution in [1.82, 2.24) is 4.90 Å². The lowest BCUT2D eigenvalue weighted by atomic mass is 10.2. The molecular formula is C6H12N2O2. The maximum atomic E-state index is 10.4. The van der Waals surface area contributed by atoms with Crippen molar-refractivity contribution in [1.29, 1.82) is 0 Å². The number of rotatable bonds is 3. The molecule has 1 aliphatic heterocycles. The first-order chi connectivity index (χ1) is 4.70. The van der Waals surface area contributed by atoms with Crippen molar-refractivity contribution in [2.75, 3.05) is 26.8 Å². The quantitative estimate of drug-likeness (QED) is 0.541. The van der Waals surface area contributed by atoms with Crippen LogP contribution in [0.5, 0.6) is 0 Å². The lowest BCUT2D eigenvalue weighted by molar-refractivity contribution is -0.122. The predicted octanol–water partition coefficient (Wildman–Crippen LogP) is -1.20. The van der Waals surface area contributed by atoms with Gasteiger partial charge in [-0.05, 0) is 7.05 Å². The van der Waals surface area contributed by atoms with Gasteiger partial charge in [0.15, 0.2) is 0 Å². The highest BCUT2D eigenvalue weighted by Crippen LogP contribution is 2.06. The molecule has 1 rings (SSSR count). The lowest BCUT2D eigenvalue weighted by Gasteiger charge is -2.33. The monoisotopic (exact) mass is 144 g/mol. The summed E-state index contributed by atoms with van der Waals surface area (Å²) in [6.45, 7) is 1.78. The van der Waals surface area contributed by atoms with Crippen LogP contribution >= 0.6 is 0 Å². The predicted molar refractivity (Wildman–Crippen MR) is 36.4 cm³/mol. The zero-order valence-electron chi connectivity index (χ0n) is 6.04. The number of hydrogen-bond donors (Lipinski definition) is 1. The molecule has 0 saturated carbocycles. The number of nitrogens with two attached hydrogens (primary N) is 1. The van der Waals surface area contributed by atoms with Gasteiger partial charge in [0.05, 0.1) is 25.8 Å². The van der Waals surface area contributed by atoms with Gasteiger partial charge < -0.3 is 10.5 Å². The number of carbonyl (C=O) groups is 1. The molecule has 4 nitrogen and oxygen atoms in total. The zero-order valence-corrected chi connectivity index (χ0v) is 6.04. The van der Waals surface area contributed by atoms with Crippen molar-refractivity contribution in [3.8, 4) is 0 Å². The highest BCUT2D eigenvalue weighted by molar-refractivity contribution is 5.75. The average Bonchev–Trinajstić information content (AvgIpc) is 1.55. The Morgan fingerprint density at radius 1 is 1.80 bits per heavy atom. The molecule has 0 aromatic carbocycles. The molecule has 0 aromatic heterocycles. The molecule has 0 aromatic rings. The Morgan fingerprint density at radius 2 is 2.40 bits per heavy atom. The van der Waals surface area contributed by atoms with Gasteiger partial charge in [-0.25, -0.2) is 0 Å². The van der Waals surface area contributed by atoms with Crippen LogP contribution in [0.25, 0.3) is 0 Å². The first-order valence-electron chi connectivity index (χ1n) is 3.26. The molecule has 2 N–H and O–H groups in total. The molecule has 0 atom stereocenters. The Bertz CT molecular complexity index is 134. The molecule has 58 valence electrons. The fraction of sp³-hybridized carbons (Fsp3) is 0.833. The average molecular weight is 144 g/mol. The van der Waals surface area contributed by atoms with Crippen LogP contribution in [-0.4, -0.2) is 43.7 Å². The normalized spacial score (nSPS) is 19.0. The molecule has 1 saturated heterocycles. The highest BCUT2D eigenvalue weighted by atomic mass is 16.5. The summed E-state index contributed by atoms with van der Waals surface area (Å²) in [6, 6.07) is 0.396. The van der Waals surface area contributed by atoms with Gasteiger partial charge in [0.25, 0.3) is 0 Å². The highest BCUT2D eigenvalue weighted by Gasteiger charge is 2.23. The van der Waals surface area contributed by atoms with Gasteiger partial charge in [-0.15, -0.1) is 0 Å². The van der Waals surface area contributed by atoms with E-state index in [1.54, 1.807) is 0 Å². The first-order valence-corrected chi connectivity index (χ1v) is 3.26. The molecule has 4 heteroatoms. The summed E-state index contributed by atoms with van der Waals surface area (Å²) < 4.78 is 4.94. The van der Waals surface area contributed by atoms with Crippen LogP contribution in [0.4, 0.5) is 0 Å². The van der Waals surface area contributed by atoms with E-state index in [1.165, 1.54) is 0 Å². The fourth-order valence-corrected chi connectivity index (χ4v) is 0.853. The lowest BCUT2D eigenvalue weighted by Crippen LogP contribution is -2.49. The topological polar surface area (TPSA) is 55.6 Å². The van der Waals surface area contributed by atoms with Crippen LogP contribution in [0.15, 0.2) is 0 Å². The standard InChI is InChI=1S/C6H12N2O2/c1-8(2-6(7)9)5-3-10-4-5/h5H,2-4H2,1H3,(H2,7,9). The minimum Gasteiger partial charge on any atom is -0.378 e. The van der Waals surface area contributed by atoms with Gasteiger partial charge in [-0.3, -0.25) is 9.69 Å². The SMILES string of the molecule is CN(CC(N)=O)C1COC1. The van der Waals surface area contributed by atoms with Crippen molar-refractivity contribution >= 4 is 5.91 Å². The van der Waals surface area contributed by atoms with Crippen molar-refractivity contribution in [2.24, 2.45) is 5.73 Å². The smallest absolute Gasteiger partial charge is 0.231 e. The van der Waals surface area contributed by atoms with E-state index in [-0.39, 0.29) is 5.91 Å². The maximum absolute atomic E-state index is 10.4. The third kappa shape index (κ3) is 1.68. The van der Waals surface area contributed by atoms with Crippen LogP contribution in [0.3, 0.4) is 0 Å². The summed E-state index contributed by atoms with van der Waals surface area (Å²) in [7, 11) is 1.87. The summed E-state index contributed by atoms with van der Waals surface area (Å²) in [5.41, 5.74) is 4.99. The minimum atomic E-state index is -0.283. The second kappa shape index (κ2) is 2.98. The van der Waals surface area contributed by atoms with Gasteiger partial charge in [0.1, 0.15) is 0 Å². The van der Waals surface area contributed by atoms with E-state index < -0.39 is 0 Å². The number of primary amides is 1. The summed E-state index contributed by atoms with van der Waals surface area (Å²) in [4.78, 5) is 12.3. The second-order valence-electron chi connectivity index (χ2n) is 2.57. The van der Waals surface area contributed by atoms with Crippen LogP contribution < -0.4 is 5.73 Å². The van der Waals surface area contributed by atoms with E-state index in [4.69, 9.17) is 10.5 Å². The Labute approximate surface area is 59.9 Å². The Balaban J connectivity index is 2.19. The third-order valence-corrected chi connectivity index (χ3v) is 1.65. The van der Waals surface area contributed by atoms with Gasteiger partial charge in [-0.2, -0.15) is 0 Å². The molecule has 1 heterocycles. The Kier molecular flexibility index (Phi) is 2.24. The summed E-state index contributed by atoms with van der Waals surface area (Å²) in [5, 5.41) is 0. The number of nitrogens with zero attached hydrogens (tertiary/aromatic N) is 1. The zero-order chi connectivity index (χ0) is 7.56. The second-order valence-corrected chi connectivity index (χ2v) is 2.57. The van der Waals surface area contributed by atoms with Gasteiger partial charge in [0.2, 0.25) is 5.91 Å². The Hall–Kier alpha value is -0.610. The van der Waals surface area contributed by atoms with E-state index in [2.05, 4.69) is 0 Å². The maximum Gasteiger partial charge on any atom is 0.231 e. The molecule has 10 heavy (non-hydrogen) atoms. The molecular weight excluding hydrogens is 132 g/mol. The van der Waals surface area contributed by atoms with E-state index in [9.17, 15) is 4.79 Å². The molecule has 0 radical (unpaired) electrons. The summed E-state index contributed by atoms with van der Waals surface area (Å²) >= 11 is 0.